The molecule has 1 aliphatic carbocycles. The van der Waals surface area contributed by atoms with Gasteiger partial charge < -0.3 is 20.1 Å². The number of amides is 1. The number of carbonyl (C=O) groups is 1. The molecular weight excluding hydrogens is 256 g/mol. The first-order chi connectivity index (χ1) is 9.63. The summed E-state index contributed by atoms with van der Waals surface area (Å²) in [7, 11) is 1.71. The summed E-state index contributed by atoms with van der Waals surface area (Å²) in [6, 6.07) is 7.93. The molecule has 1 fully saturated rings. The van der Waals surface area contributed by atoms with Crippen LogP contribution in [0.15, 0.2) is 24.3 Å². The van der Waals surface area contributed by atoms with Gasteiger partial charge in [-0.1, -0.05) is 0 Å². The predicted octanol–water partition coefficient (Wildman–Crippen LogP) is 2.25. The average molecular weight is 278 g/mol. The second-order valence-electron chi connectivity index (χ2n) is 4.94. The second kappa shape index (κ2) is 6.72. The largest absolute Gasteiger partial charge is 0.379 e. The molecule has 110 valence electrons. The maximum absolute atomic E-state index is 11.0. The molecule has 5 nitrogen and oxygen atoms in total. The van der Waals surface area contributed by atoms with Crippen LogP contribution >= 0.6 is 0 Å². The third-order valence-corrected chi connectivity index (χ3v) is 3.46. The Bertz CT molecular complexity index is 447. The number of carbonyl (C=O) groups excluding carboxylic acids is 1. The van der Waals surface area contributed by atoms with Gasteiger partial charge in [0.1, 0.15) is 6.10 Å². The Morgan fingerprint density at radius 2 is 1.95 bits per heavy atom. The number of rotatable bonds is 6. The van der Waals surface area contributed by atoms with Gasteiger partial charge >= 0.3 is 0 Å². The summed E-state index contributed by atoms with van der Waals surface area (Å²) in [4.78, 5) is 11.0. The van der Waals surface area contributed by atoms with Crippen molar-refractivity contribution in [3.8, 4) is 0 Å². The molecule has 0 saturated heterocycles. The fraction of sp³-hybridized carbons (Fsp3) is 0.533. The van der Waals surface area contributed by atoms with E-state index in [2.05, 4.69) is 10.6 Å². The lowest BCUT2D eigenvalue weighted by Crippen LogP contribution is -2.56. The zero-order chi connectivity index (χ0) is 14.5. The lowest BCUT2D eigenvalue weighted by molar-refractivity contribution is -0.118. The minimum Gasteiger partial charge on any atom is -0.379 e. The minimum absolute atomic E-state index is 0.0660. The highest BCUT2D eigenvalue weighted by Crippen LogP contribution is 2.30. The van der Waals surface area contributed by atoms with Crippen molar-refractivity contribution in [1.82, 2.24) is 0 Å². The van der Waals surface area contributed by atoms with Crippen molar-refractivity contribution in [3.63, 3.8) is 0 Å². The van der Waals surface area contributed by atoms with Crippen LogP contribution in [0.2, 0.25) is 0 Å². The summed E-state index contributed by atoms with van der Waals surface area (Å²) in [5.74, 6) is -0.0660. The van der Waals surface area contributed by atoms with Crippen molar-refractivity contribution < 1.29 is 14.3 Å². The van der Waals surface area contributed by atoms with Crippen molar-refractivity contribution in [2.45, 2.75) is 38.5 Å². The van der Waals surface area contributed by atoms with Crippen LogP contribution in [0.25, 0.3) is 0 Å². The fourth-order valence-corrected chi connectivity index (χ4v) is 2.48. The third-order valence-electron chi connectivity index (χ3n) is 3.46. The zero-order valence-corrected chi connectivity index (χ0v) is 12.2. The van der Waals surface area contributed by atoms with Gasteiger partial charge in [-0.2, -0.15) is 0 Å². The number of methoxy groups -OCH3 is 1. The van der Waals surface area contributed by atoms with E-state index >= 15 is 0 Å². The molecule has 0 aliphatic heterocycles. The molecule has 1 aromatic rings. The summed E-state index contributed by atoms with van der Waals surface area (Å²) < 4.78 is 11.1. The van der Waals surface area contributed by atoms with Gasteiger partial charge in [0.05, 0.1) is 12.1 Å². The van der Waals surface area contributed by atoms with Crippen LogP contribution in [-0.4, -0.2) is 37.9 Å². The van der Waals surface area contributed by atoms with Gasteiger partial charge in [-0.15, -0.1) is 0 Å². The van der Waals surface area contributed by atoms with Crippen molar-refractivity contribution in [3.05, 3.63) is 24.3 Å². The molecular formula is C15H22N2O3. The van der Waals surface area contributed by atoms with E-state index in [4.69, 9.17) is 9.47 Å². The number of ether oxygens (including phenoxy) is 2. The number of hydrogen-bond donors (Lipinski definition) is 2. The maximum atomic E-state index is 11.0. The molecule has 3 unspecified atom stereocenters. The van der Waals surface area contributed by atoms with Crippen LogP contribution in [0.1, 0.15) is 20.3 Å². The summed E-state index contributed by atoms with van der Waals surface area (Å²) in [5.41, 5.74) is 1.81. The lowest BCUT2D eigenvalue weighted by atomic mass is 9.85. The van der Waals surface area contributed by atoms with E-state index in [1.54, 1.807) is 7.11 Å². The average Bonchev–Trinajstić information content (AvgIpc) is 2.39. The van der Waals surface area contributed by atoms with Crippen LogP contribution < -0.4 is 10.6 Å². The van der Waals surface area contributed by atoms with Gasteiger partial charge in [0.15, 0.2) is 0 Å². The number of hydrogen-bond acceptors (Lipinski definition) is 4. The molecule has 3 atom stereocenters. The Kier molecular flexibility index (Phi) is 4.98. The lowest BCUT2D eigenvalue weighted by Gasteiger charge is -2.43. The molecule has 5 heteroatoms. The number of anilines is 2. The molecule has 0 radical (unpaired) electrons. The predicted molar refractivity (Wildman–Crippen MR) is 79.0 cm³/mol. The monoisotopic (exact) mass is 278 g/mol. The maximum Gasteiger partial charge on any atom is 0.221 e. The van der Waals surface area contributed by atoms with Crippen molar-refractivity contribution in [2.75, 3.05) is 24.4 Å². The van der Waals surface area contributed by atoms with E-state index in [0.717, 1.165) is 17.8 Å². The van der Waals surface area contributed by atoms with Crippen LogP contribution in [0, 0.1) is 0 Å². The minimum atomic E-state index is -0.0660. The highest BCUT2D eigenvalue weighted by atomic mass is 16.5. The highest BCUT2D eigenvalue weighted by Gasteiger charge is 2.42. The normalized spacial score (nSPS) is 24.9. The fourth-order valence-electron chi connectivity index (χ4n) is 2.48. The Balaban J connectivity index is 1.89. The molecule has 20 heavy (non-hydrogen) atoms. The first-order valence-electron chi connectivity index (χ1n) is 6.92. The van der Waals surface area contributed by atoms with E-state index in [1.807, 2.05) is 31.2 Å². The molecule has 0 bridgehead atoms. The van der Waals surface area contributed by atoms with Crippen molar-refractivity contribution in [2.24, 2.45) is 0 Å². The Morgan fingerprint density at radius 1 is 1.30 bits per heavy atom. The number of nitrogens with one attached hydrogen (secondary N) is 2. The molecule has 0 aromatic heterocycles. The molecule has 0 spiro atoms. The van der Waals surface area contributed by atoms with Crippen LogP contribution in [0.5, 0.6) is 0 Å². The van der Waals surface area contributed by atoms with E-state index in [1.165, 1.54) is 6.92 Å². The van der Waals surface area contributed by atoms with Gasteiger partial charge in [-0.3, -0.25) is 4.79 Å². The van der Waals surface area contributed by atoms with E-state index in [9.17, 15) is 4.79 Å². The first kappa shape index (κ1) is 14.8. The van der Waals surface area contributed by atoms with Crippen molar-refractivity contribution >= 4 is 17.3 Å². The Morgan fingerprint density at radius 3 is 2.50 bits per heavy atom. The van der Waals surface area contributed by atoms with E-state index < -0.39 is 0 Å². The smallest absolute Gasteiger partial charge is 0.221 e. The van der Waals surface area contributed by atoms with Gasteiger partial charge in [0.2, 0.25) is 5.91 Å². The topological polar surface area (TPSA) is 59.6 Å². The summed E-state index contributed by atoms with van der Waals surface area (Å²) in [5, 5.41) is 6.18. The van der Waals surface area contributed by atoms with Crippen molar-refractivity contribution in [1.29, 1.82) is 0 Å². The molecule has 2 rings (SSSR count). The first-order valence-corrected chi connectivity index (χ1v) is 6.92. The van der Waals surface area contributed by atoms with E-state index in [-0.39, 0.29) is 24.2 Å². The van der Waals surface area contributed by atoms with Gasteiger partial charge in [0, 0.05) is 32.0 Å². The molecule has 1 saturated carbocycles. The molecule has 1 aliphatic rings. The Labute approximate surface area is 119 Å². The van der Waals surface area contributed by atoms with E-state index in [0.29, 0.717) is 6.61 Å². The standard InChI is InChI=1S/C15H22N2O3/c1-4-20-14-9-13(15(14)19-3)17-12-7-5-11(6-8-12)16-10(2)18/h5-8,13-15,17H,4,9H2,1-3H3,(H,16,18). The summed E-state index contributed by atoms with van der Waals surface area (Å²) in [6.45, 7) is 4.20. The van der Waals surface area contributed by atoms with Crippen LogP contribution in [0.4, 0.5) is 11.4 Å². The SMILES string of the molecule is CCOC1CC(Nc2ccc(NC(C)=O)cc2)C1OC. The quantitative estimate of drug-likeness (QED) is 0.838. The third kappa shape index (κ3) is 3.49. The zero-order valence-electron chi connectivity index (χ0n) is 12.2. The Hall–Kier alpha value is -1.59. The summed E-state index contributed by atoms with van der Waals surface area (Å²) in [6.07, 6.45) is 1.21. The molecule has 2 N–H and O–H groups in total. The summed E-state index contributed by atoms with van der Waals surface area (Å²) >= 11 is 0. The molecule has 0 heterocycles. The van der Waals surface area contributed by atoms with Gasteiger partial charge in [-0.05, 0) is 37.6 Å². The molecule has 1 aromatic carbocycles. The molecule has 1 amide bonds. The van der Waals surface area contributed by atoms with Crippen LogP contribution in [0.3, 0.4) is 0 Å². The number of benzene rings is 1. The van der Waals surface area contributed by atoms with Gasteiger partial charge in [-0.25, -0.2) is 0 Å². The van der Waals surface area contributed by atoms with Crippen LogP contribution in [-0.2, 0) is 14.3 Å². The van der Waals surface area contributed by atoms with Gasteiger partial charge in [0.25, 0.3) is 0 Å². The second-order valence-corrected chi connectivity index (χ2v) is 4.94. The highest BCUT2D eigenvalue weighted by molar-refractivity contribution is 5.88.